The number of aryl methyl sites for hydroxylation is 1. The van der Waals surface area contributed by atoms with E-state index in [1.165, 1.54) is 11.1 Å². The molecule has 0 unspecified atom stereocenters. The minimum absolute atomic E-state index is 0.219. The van der Waals surface area contributed by atoms with E-state index in [1.54, 1.807) is 0 Å². The van der Waals surface area contributed by atoms with E-state index in [0.717, 1.165) is 29.2 Å². The Balaban J connectivity index is 1.66. The molecule has 2 N–H and O–H groups in total. The molecule has 4 nitrogen and oxygen atoms in total. The van der Waals surface area contributed by atoms with Crippen LogP contribution in [0.25, 0.3) is 0 Å². The molecule has 0 saturated heterocycles. The molecule has 0 radical (unpaired) electrons. The lowest BCUT2D eigenvalue weighted by molar-refractivity contribution is 0.254. The third kappa shape index (κ3) is 4.42. The summed E-state index contributed by atoms with van der Waals surface area (Å²) in [5, 5.41) is 7.03. The molecule has 2 aromatic rings. The van der Waals surface area contributed by atoms with Gasteiger partial charge in [-0.25, -0.2) is 0 Å². The first-order chi connectivity index (χ1) is 12.0. The van der Waals surface area contributed by atoms with Gasteiger partial charge in [-0.1, -0.05) is 17.7 Å². The SMILES string of the molecule is CCOc1cc2c(cc1CNC(=S)Nc1ccc(C)cc1)O[C@@H](C)C2. The zero-order valence-electron chi connectivity index (χ0n) is 14.9. The number of rotatable bonds is 5. The van der Waals surface area contributed by atoms with Crippen molar-refractivity contribution in [1.29, 1.82) is 0 Å². The van der Waals surface area contributed by atoms with Crippen LogP contribution in [0.2, 0.25) is 0 Å². The van der Waals surface area contributed by atoms with Gasteiger partial charge in [-0.15, -0.1) is 0 Å². The van der Waals surface area contributed by atoms with Gasteiger partial charge < -0.3 is 20.1 Å². The molecule has 5 heteroatoms. The zero-order chi connectivity index (χ0) is 17.8. The largest absolute Gasteiger partial charge is 0.494 e. The highest BCUT2D eigenvalue weighted by Gasteiger charge is 2.21. The average Bonchev–Trinajstić information content (AvgIpc) is 2.94. The molecule has 1 aliphatic heterocycles. The maximum absolute atomic E-state index is 5.86. The molecule has 2 aromatic carbocycles. The molecule has 0 aliphatic carbocycles. The van der Waals surface area contributed by atoms with Crippen LogP contribution in [0.5, 0.6) is 11.5 Å². The van der Waals surface area contributed by atoms with Crippen LogP contribution < -0.4 is 20.1 Å². The zero-order valence-corrected chi connectivity index (χ0v) is 15.7. The van der Waals surface area contributed by atoms with Crippen LogP contribution in [-0.4, -0.2) is 17.8 Å². The summed E-state index contributed by atoms with van der Waals surface area (Å²) < 4.78 is 11.7. The first-order valence-corrected chi connectivity index (χ1v) is 9.02. The highest BCUT2D eigenvalue weighted by molar-refractivity contribution is 7.80. The minimum Gasteiger partial charge on any atom is -0.494 e. The number of ether oxygens (including phenoxy) is 2. The molecule has 0 saturated carbocycles. The van der Waals surface area contributed by atoms with E-state index in [2.05, 4.69) is 48.7 Å². The van der Waals surface area contributed by atoms with Crippen molar-refractivity contribution in [3.05, 3.63) is 53.1 Å². The van der Waals surface area contributed by atoms with Gasteiger partial charge in [-0.2, -0.15) is 0 Å². The van der Waals surface area contributed by atoms with Gasteiger partial charge in [-0.05, 0) is 57.3 Å². The standard InChI is InChI=1S/C20H24N2O2S/c1-4-23-18-10-15-9-14(3)24-19(15)11-16(18)12-21-20(25)22-17-7-5-13(2)6-8-17/h5-8,10-11,14H,4,9,12H2,1-3H3,(H2,21,22,25)/t14-/m0/s1. The summed E-state index contributed by atoms with van der Waals surface area (Å²) in [6, 6.07) is 12.3. The molecular weight excluding hydrogens is 332 g/mol. The van der Waals surface area contributed by atoms with Crippen molar-refractivity contribution in [1.82, 2.24) is 5.32 Å². The van der Waals surface area contributed by atoms with Gasteiger partial charge in [0.25, 0.3) is 0 Å². The summed E-state index contributed by atoms with van der Waals surface area (Å²) in [6.45, 7) is 7.35. The third-order valence-electron chi connectivity index (χ3n) is 4.13. The molecule has 0 spiro atoms. The Kier molecular flexibility index (Phi) is 5.43. The summed E-state index contributed by atoms with van der Waals surface area (Å²) >= 11 is 5.40. The predicted molar refractivity (Wildman–Crippen MR) is 106 cm³/mol. The molecule has 1 aliphatic rings. The Morgan fingerprint density at radius 2 is 2.04 bits per heavy atom. The predicted octanol–water partition coefficient (Wildman–Crippen LogP) is 4.20. The quantitative estimate of drug-likeness (QED) is 0.786. The molecule has 0 bridgehead atoms. The minimum atomic E-state index is 0.219. The second kappa shape index (κ2) is 7.74. The maximum Gasteiger partial charge on any atom is 0.171 e. The molecule has 0 aromatic heterocycles. The third-order valence-corrected chi connectivity index (χ3v) is 4.37. The van der Waals surface area contributed by atoms with Crippen LogP contribution in [-0.2, 0) is 13.0 Å². The van der Waals surface area contributed by atoms with E-state index in [0.29, 0.717) is 18.3 Å². The van der Waals surface area contributed by atoms with Crippen LogP contribution in [0.4, 0.5) is 5.69 Å². The van der Waals surface area contributed by atoms with Crippen molar-refractivity contribution < 1.29 is 9.47 Å². The van der Waals surface area contributed by atoms with E-state index in [9.17, 15) is 0 Å². The highest BCUT2D eigenvalue weighted by atomic mass is 32.1. The van der Waals surface area contributed by atoms with Gasteiger partial charge in [0.1, 0.15) is 17.6 Å². The number of hydrogen-bond acceptors (Lipinski definition) is 3. The Bertz CT molecular complexity index is 759. The van der Waals surface area contributed by atoms with Crippen LogP contribution in [0.3, 0.4) is 0 Å². The number of benzene rings is 2. The topological polar surface area (TPSA) is 42.5 Å². The van der Waals surface area contributed by atoms with Crippen LogP contribution in [0.1, 0.15) is 30.5 Å². The fourth-order valence-electron chi connectivity index (χ4n) is 2.90. The van der Waals surface area contributed by atoms with E-state index in [1.807, 2.05) is 19.1 Å². The van der Waals surface area contributed by atoms with Gasteiger partial charge >= 0.3 is 0 Å². The highest BCUT2D eigenvalue weighted by Crippen LogP contribution is 2.35. The van der Waals surface area contributed by atoms with Crippen molar-refractivity contribution in [2.75, 3.05) is 11.9 Å². The van der Waals surface area contributed by atoms with E-state index in [4.69, 9.17) is 21.7 Å². The van der Waals surface area contributed by atoms with Crippen LogP contribution in [0, 0.1) is 6.92 Å². The summed E-state index contributed by atoms with van der Waals surface area (Å²) in [4.78, 5) is 0. The number of thiocarbonyl (C=S) groups is 1. The fraction of sp³-hybridized carbons (Fsp3) is 0.350. The lowest BCUT2D eigenvalue weighted by Crippen LogP contribution is -2.28. The lowest BCUT2D eigenvalue weighted by Gasteiger charge is -2.15. The monoisotopic (exact) mass is 356 g/mol. The number of hydrogen-bond donors (Lipinski definition) is 2. The Morgan fingerprint density at radius 1 is 1.28 bits per heavy atom. The molecule has 25 heavy (non-hydrogen) atoms. The second-order valence-corrected chi connectivity index (χ2v) is 6.72. The number of fused-ring (bicyclic) bond motifs is 1. The normalized spacial score (nSPS) is 15.2. The van der Waals surface area contributed by atoms with Crippen LogP contribution in [0.15, 0.2) is 36.4 Å². The van der Waals surface area contributed by atoms with Gasteiger partial charge in [0, 0.05) is 29.8 Å². The molecule has 3 rings (SSSR count). The maximum atomic E-state index is 5.86. The summed E-state index contributed by atoms with van der Waals surface area (Å²) in [7, 11) is 0. The van der Waals surface area contributed by atoms with E-state index < -0.39 is 0 Å². The Hall–Kier alpha value is -2.27. The molecule has 132 valence electrons. The Morgan fingerprint density at radius 3 is 2.76 bits per heavy atom. The van der Waals surface area contributed by atoms with Crippen molar-refractivity contribution in [2.45, 2.75) is 39.8 Å². The molecule has 0 fully saturated rings. The van der Waals surface area contributed by atoms with Gasteiger partial charge in [0.15, 0.2) is 5.11 Å². The number of anilines is 1. The van der Waals surface area contributed by atoms with Crippen molar-refractivity contribution in [2.24, 2.45) is 0 Å². The van der Waals surface area contributed by atoms with E-state index in [-0.39, 0.29) is 6.10 Å². The van der Waals surface area contributed by atoms with Crippen molar-refractivity contribution in [3.63, 3.8) is 0 Å². The van der Waals surface area contributed by atoms with Gasteiger partial charge in [0.2, 0.25) is 0 Å². The summed E-state index contributed by atoms with van der Waals surface area (Å²) in [5.74, 6) is 1.84. The summed E-state index contributed by atoms with van der Waals surface area (Å²) in [6.07, 6.45) is 1.15. The molecule has 1 atom stereocenters. The molecule has 0 amide bonds. The molecule has 1 heterocycles. The lowest BCUT2D eigenvalue weighted by atomic mass is 10.1. The second-order valence-electron chi connectivity index (χ2n) is 6.31. The smallest absolute Gasteiger partial charge is 0.171 e. The van der Waals surface area contributed by atoms with Gasteiger partial charge in [0.05, 0.1) is 6.61 Å². The van der Waals surface area contributed by atoms with E-state index >= 15 is 0 Å². The van der Waals surface area contributed by atoms with Gasteiger partial charge in [-0.3, -0.25) is 0 Å². The fourth-order valence-corrected chi connectivity index (χ4v) is 3.09. The summed E-state index contributed by atoms with van der Waals surface area (Å²) in [5.41, 5.74) is 4.44. The average molecular weight is 356 g/mol. The number of nitrogens with one attached hydrogen (secondary N) is 2. The Labute approximate surface area is 154 Å². The van der Waals surface area contributed by atoms with Crippen LogP contribution >= 0.6 is 12.2 Å². The first-order valence-electron chi connectivity index (χ1n) is 8.62. The van der Waals surface area contributed by atoms with Crippen molar-refractivity contribution in [3.8, 4) is 11.5 Å². The molecular formula is C20H24N2O2S. The van der Waals surface area contributed by atoms with Crippen molar-refractivity contribution >= 4 is 23.0 Å². The first kappa shape index (κ1) is 17.5.